The van der Waals surface area contributed by atoms with Crippen molar-refractivity contribution in [1.82, 2.24) is 0 Å². The van der Waals surface area contributed by atoms with Crippen LogP contribution >= 0.6 is 0 Å². The molecule has 11 heavy (non-hydrogen) atoms. The van der Waals surface area contributed by atoms with Crippen LogP contribution in [0.25, 0.3) is 0 Å². The number of hydrogen-bond donors (Lipinski definition) is 0. The maximum absolute atomic E-state index is 6.07. The van der Waals surface area contributed by atoms with Crippen LogP contribution in [0.15, 0.2) is 0 Å². The fraction of sp³-hybridized carbons (Fsp3) is 1.00. The van der Waals surface area contributed by atoms with Gasteiger partial charge in [-0.2, -0.15) is 0 Å². The zero-order valence-corrected chi connectivity index (χ0v) is 10.7. The van der Waals surface area contributed by atoms with Crippen molar-refractivity contribution in [2.75, 3.05) is 0 Å². The van der Waals surface area contributed by atoms with Crippen LogP contribution in [-0.4, -0.2) is 19.7 Å². The van der Waals surface area contributed by atoms with Gasteiger partial charge < -0.3 is 0 Å². The van der Waals surface area contributed by atoms with E-state index in [9.17, 15) is 0 Å². The molecule has 0 aromatic carbocycles. The molecule has 0 spiro atoms. The molecule has 0 aliphatic carbocycles. The summed E-state index contributed by atoms with van der Waals surface area (Å²) in [7, 11) is 0. The SMILES string of the molecule is C[CH2][Ge]([CH2]C)([CH2]C)[O]C(C)C. The van der Waals surface area contributed by atoms with Crippen molar-refractivity contribution in [3.63, 3.8) is 0 Å². The molecular weight excluding hydrogens is 197 g/mol. The molecule has 0 rings (SSSR count). The summed E-state index contributed by atoms with van der Waals surface area (Å²) in [6.45, 7) is 11.2. The van der Waals surface area contributed by atoms with Gasteiger partial charge in [0.05, 0.1) is 0 Å². The van der Waals surface area contributed by atoms with Gasteiger partial charge in [0.1, 0.15) is 0 Å². The zero-order valence-electron chi connectivity index (χ0n) is 8.61. The van der Waals surface area contributed by atoms with Crippen LogP contribution in [0.2, 0.25) is 15.8 Å². The predicted molar refractivity (Wildman–Crippen MR) is 53.4 cm³/mol. The van der Waals surface area contributed by atoms with Gasteiger partial charge in [0.25, 0.3) is 0 Å². The van der Waals surface area contributed by atoms with Crippen molar-refractivity contribution >= 4 is 13.6 Å². The molecule has 0 heterocycles. The van der Waals surface area contributed by atoms with Gasteiger partial charge in [-0.3, -0.25) is 0 Å². The fourth-order valence-corrected chi connectivity index (χ4v) is 7.79. The predicted octanol–water partition coefficient (Wildman–Crippen LogP) is 3.42. The van der Waals surface area contributed by atoms with E-state index in [0.29, 0.717) is 6.10 Å². The molecule has 0 atom stereocenters. The Morgan fingerprint density at radius 2 is 1.36 bits per heavy atom. The molecule has 0 aliphatic heterocycles. The van der Waals surface area contributed by atoms with E-state index in [0.717, 1.165) is 0 Å². The van der Waals surface area contributed by atoms with Crippen LogP contribution < -0.4 is 0 Å². The van der Waals surface area contributed by atoms with Crippen molar-refractivity contribution in [2.45, 2.75) is 56.5 Å². The standard InChI is InChI=1S/C9H22GeO/c1-6-10(7-2,8-3)11-9(4)5/h9H,6-8H2,1-5H3. The topological polar surface area (TPSA) is 9.23 Å². The van der Waals surface area contributed by atoms with Gasteiger partial charge in [0, 0.05) is 0 Å². The van der Waals surface area contributed by atoms with E-state index in [4.69, 9.17) is 3.76 Å². The van der Waals surface area contributed by atoms with E-state index in [-0.39, 0.29) is 0 Å². The number of hydrogen-bond acceptors (Lipinski definition) is 1. The monoisotopic (exact) mass is 220 g/mol. The third-order valence-electron chi connectivity index (χ3n) is 2.42. The summed E-state index contributed by atoms with van der Waals surface area (Å²) >= 11 is -1.78. The number of rotatable bonds is 5. The van der Waals surface area contributed by atoms with E-state index >= 15 is 0 Å². The molecule has 0 saturated heterocycles. The minimum atomic E-state index is -1.78. The zero-order chi connectivity index (χ0) is 8.91. The molecular formula is C9H22GeO. The van der Waals surface area contributed by atoms with E-state index < -0.39 is 13.6 Å². The van der Waals surface area contributed by atoms with Gasteiger partial charge >= 0.3 is 73.8 Å². The minimum absolute atomic E-state index is 0.440. The van der Waals surface area contributed by atoms with E-state index in [1.165, 1.54) is 15.8 Å². The Hall–Kier alpha value is 0.503. The first-order valence-corrected chi connectivity index (χ1v) is 10.1. The van der Waals surface area contributed by atoms with Crippen LogP contribution in [0, 0.1) is 0 Å². The Balaban J connectivity index is 4.05. The molecule has 0 radical (unpaired) electrons. The summed E-state index contributed by atoms with van der Waals surface area (Å²) in [6, 6.07) is 0. The third kappa shape index (κ3) is 3.61. The van der Waals surface area contributed by atoms with Gasteiger partial charge in [0.15, 0.2) is 0 Å². The second-order valence-corrected chi connectivity index (χ2v) is 13.3. The van der Waals surface area contributed by atoms with E-state index in [1.54, 1.807) is 0 Å². The Kier molecular flexibility index (Phi) is 5.44. The second kappa shape index (κ2) is 5.20. The molecule has 0 bridgehead atoms. The molecule has 0 saturated carbocycles. The average Bonchev–Trinajstić information content (AvgIpc) is 2.00. The Morgan fingerprint density at radius 3 is 1.45 bits per heavy atom. The summed E-state index contributed by atoms with van der Waals surface area (Å²) in [4.78, 5) is 0. The van der Waals surface area contributed by atoms with Crippen LogP contribution in [0.3, 0.4) is 0 Å². The van der Waals surface area contributed by atoms with Crippen molar-refractivity contribution < 1.29 is 3.76 Å². The van der Waals surface area contributed by atoms with E-state index in [2.05, 4.69) is 34.6 Å². The molecule has 2 heteroatoms. The first kappa shape index (κ1) is 11.5. The molecule has 0 fully saturated rings. The maximum atomic E-state index is 6.07. The molecule has 68 valence electrons. The van der Waals surface area contributed by atoms with Crippen LogP contribution in [0.1, 0.15) is 34.6 Å². The Bertz CT molecular complexity index is 89.5. The summed E-state index contributed by atoms with van der Waals surface area (Å²) in [5, 5.41) is 3.93. The van der Waals surface area contributed by atoms with Crippen LogP contribution in [-0.2, 0) is 3.76 Å². The molecule has 0 aromatic rings. The summed E-state index contributed by atoms with van der Waals surface area (Å²) in [6.07, 6.45) is 0.440. The summed E-state index contributed by atoms with van der Waals surface area (Å²) < 4.78 is 6.07. The molecule has 0 aromatic heterocycles. The van der Waals surface area contributed by atoms with Crippen molar-refractivity contribution in [3.05, 3.63) is 0 Å². The van der Waals surface area contributed by atoms with Crippen molar-refractivity contribution in [1.29, 1.82) is 0 Å². The summed E-state index contributed by atoms with van der Waals surface area (Å²) in [5.74, 6) is 0. The fourth-order valence-electron chi connectivity index (χ4n) is 1.50. The van der Waals surface area contributed by atoms with Gasteiger partial charge in [-0.1, -0.05) is 0 Å². The third-order valence-corrected chi connectivity index (χ3v) is 12.6. The van der Waals surface area contributed by atoms with Gasteiger partial charge in [0.2, 0.25) is 0 Å². The molecule has 1 nitrogen and oxygen atoms in total. The second-order valence-electron chi connectivity index (χ2n) is 3.41. The van der Waals surface area contributed by atoms with Gasteiger partial charge in [-0.05, 0) is 0 Å². The van der Waals surface area contributed by atoms with Crippen LogP contribution in [0.5, 0.6) is 0 Å². The first-order valence-electron chi connectivity index (χ1n) is 4.78. The van der Waals surface area contributed by atoms with Gasteiger partial charge in [-0.25, -0.2) is 0 Å². The summed E-state index contributed by atoms with van der Waals surface area (Å²) in [5.41, 5.74) is 0. The molecule has 0 N–H and O–H groups in total. The average molecular weight is 219 g/mol. The molecule has 0 aliphatic rings. The van der Waals surface area contributed by atoms with Gasteiger partial charge in [-0.15, -0.1) is 0 Å². The first-order chi connectivity index (χ1) is 5.10. The normalized spacial score (nSPS) is 12.5. The van der Waals surface area contributed by atoms with Crippen LogP contribution in [0.4, 0.5) is 0 Å². The van der Waals surface area contributed by atoms with Crippen molar-refractivity contribution in [3.8, 4) is 0 Å². The Morgan fingerprint density at radius 1 is 1.00 bits per heavy atom. The molecule has 0 unspecified atom stereocenters. The van der Waals surface area contributed by atoms with E-state index in [1.807, 2.05) is 0 Å². The van der Waals surface area contributed by atoms with Crippen molar-refractivity contribution in [2.24, 2.45) is 0 Å². The quantitative estimate of drug-likeness (QED) is 0.643. The Labute approximate surface area is 74.2 Å². The molecule has 0 amide bonds.